The average molecular weight is 395 g/mol. The van der Waals surface area contributed by atoms with Gasteiger partial charge >= 0.3 is 5.97 Å². The Morgan fingerprint density at radius 1 is 1.25 bits per heavy atom. The molecule has 2 heterocycles. The molecule has 0 bridgehead atoms. The minimum absolute atomic E-state index is 0.0960. The molecular weight excluding hydrogens is 374 g/mol. The number of carbonyl (C=O) groups excluding carboxylic acids is 2. The fraction of sp³-hybridized carbons (Fsp3) is 0.286. The number of thioether (sulfide) groups is 1. The Bertz CT molecular complexity index is 984. The molecule has 0 saturated carbocycles. The van der Waals surface area contributed by atoms with Gasteiger partial charge in [0.2, 0.25) is 5.91 Å². The Hall–Kier alpha value is -2.80. The Labute approximate surface area is 167 Å². The Morgan fingerprint density at radius 3 is 2.86 bits per heavy atom. The highest BCUT2D eigenvalue weighted by atomic mass is 32.2. The maximum atomic E-state index is 12.7. The predicted molar refractivity (Wildman–Crippen MR) is 109 cm³/mol. The monoisotopic (exact) mass is 395 g/mol. The van der Waals surface area contributed by atoms with Crippen molar-refractivity contribution in [1.82, 2.24) is 15.3 Å². The first-order valence-corrected chi connectivity index (χ1v) is 10.6. The van der Waals surface area contributed by atoms with Gasteiger partial charge in [-0.3, -0.25) is 4.79 Å². The van der Waals surface area contributed by atoms with Crippen LogP contribution in [-0.2, 0) is 9.53 Å². The number of para-hydroxylation sites is 2. The molecule has 1 aliphatic rings. The summed E-state index contributed by atoms with van der Waals surface area (Å²) >= 11 is 1.72. The first-order chi connectivity index (χ1) is 13.7. The van der Waals surface area contributed by atoms with Crippen LogP contribution in [0.25, 0.3) is 11.0 Å². The van der Waals surface area contributed by atoms with Crippen molar-refractivity contribution in [3.05, 3.63) is 65.5 Å². The van der Waals surface area contributed by atoms with E-state index in [0.29, 0.717) is 5.56 Å². The molecule has 0 aliphatic carbocycles. The molecule has 0 unspecified atom stereocenters. The number of carbonyl (C=O) groups is 2. The lowest BCUT2D eigenvalue weighted by molar-refractivity contribution is -0.123. The third-order valence-corrected chi connectivity index (χ3v) is 5.48. The highest BCUT2D eigenvalue weighted by Gasteiger charge is 2.32. The molecule has 1 aliphatic heterocycles. The zero-order valence-corrected chi connectivity index (χ0v) is 16.3. The maximum Gasteiger partial charge on any atom is 0.339 e. The highest BCUT2D eigenvalue weighted by molar-refractivity contribution is 7.98. The van der Waals surface area contributed by atoms with Gasteiger partial charge in [0.25, 0.3) is 0 Å². The van der Waals surface area contributed by atoms with Gasteiger partial charge < -0.3 is 15.0 Å². The van der Waals surface area contributed by atoms with Gasteiger partial charge in [-0.15, -0.1) is 0 Å². The minimum Gasteiger partial charge on any atom is -0.453 e. The van der Waals surface area contributed by atoms with Gasteiger partial charge in [-0.1, -0.05) is 30.3 Å². The summed E-state index contributed by atoms with van der Waals surface area (Å²) in [5.74, 6) is 1.10. The number of nitrogens with zero attached hydrogens (tertiary/aromatic N) is 1. The lowest BCUT2D eigenvalue weighted by Crippen LogP contribution is -2.30. The molecule has 28 heavy (non-hydrogen) atoms. The number of benzene rings is 2. The molecule has 0 radical (unpaired) electrons. The van der Waals surface area contributed by atoms with Crippen LogP contribution in [0.2, 0.25) is 0 Å². The van der Waals surface area contributed by atoms with Crippen molar-refractivity contribution >= 4 is 34.7 Å². The number of cyclic esters (lactones) is 1. The van der Waals surface area contributed by atoms with Crippen LogP contribution in [0, 0.1) is 0 Å². The molecule has 0 saturated heterocycles. The van der Waals surface area contributed by atoms with Gasteiger partial charge in [-0.05, 0) is 36.6 Å². The number of amides is 1. The Kier molecular flexibility index (Phi) is 5.34. The molecule has 144 valence electrons. The number of imidazole rings is 1. The minimum atomic E-state index is -0.541. The van der Waals surface area contributed by atoms with Gasteiger partial charge in [0.05, 0.1) is 29.1 Å². The summed E-state index contributed by atoms with van der Waals surface area (Å²) in [5, 5.41) is 3.06. The highest BCUT2D eigenvalue weighted by Crippen LogP contribution is 2.33. The van der Waals surface area contributed by atoms with E-state index in [-0.39, 0.29) is 24.3 Å². The summed E-state index contributed by atoms with van der Waals surface area (Å²) < 4.78 is 5.39. The molecular formula is C21H21N3O3S. The SMILES string of the molecule is CSCC[C@@H](NC(=O)C[C@@H]1OC(=O)c2ccccc21)c1nc2ccccc2[nH]1. The van der Waals surface area contributed by atoms with E-state index in [2.05, 4.69) is 15.3 Å². The van der Waals surface area contributed by atoms with E-state index in [1.54, 1.807) is 23.9 Å². The normalized spacial score (nSPS) is 16.6. The summed E-state index contributed by atoms with van der Waals surface area (Å²) in [6.45, 7) is 0. The molecule has 0 spiro atoms. The summed E-state index contributed by atoms with van der Waals surface area (Å²) in [6, 6.07) is 14.8. The largest absolute Gasteiger partial charge is 0.453 e. The van der Waals surface area contributed by atoms with Crippen LogP contribution in [-0.4, -0.2) is 33.9 Å². The van der Waals surface area contributed by atoms with E-state index in [0.717, 1.165) is 34.6 Å². The van der Waals surface area contributed by atoms with Crippen molar-refractivity contribution in [1.29, 1.82) is 0 Å². The first kappa shape index (κ1) is 18.6. The van der Waals surface area contributed by atoms with Crippen molar-refractivity contribution in [2.75, 3.05) is 12.0 Å². The van der Waals surface area contributed by atoms with Gasteiger partial charge in [-0.25, -0.2) is 9.78 Å². The number of fused-ring (bicyclic) bond motifs is 2. The summed E-state index contributed by atoms with van der Waals surface area (Å²) in [5.41, 5.74) is 3.13. The fourth-order valence-electron chi connectivity index (χ4n) is 3.44. The van der Waals surface area contributed by atoms with E-state index >= 15 is 0 Å². The van der Waals surface area contributed by atoms with E-state index in [9.17, 15) is 9.59 Å². The van der Waals surface area contributed by atoms with Gasteiger partial charge in [0.15, 0.2) is 0 Å². The van der Waals surface area contributed by atoms with Crippen LogP contribution in [0.1, 0.15) is 46.7 Å². The number of H-pyrrole nitrogens is 1. The van der Waals surface area contributed by atoms with E-state index in [1.165, 1.54) is 0 Å². The molecule has 6 nitrogen and oxygen atoms in total. The van der Waals surface area contributed by atoms with Gasteiger partial charge in [0, 0.05) is 5.56 Å². The molecule has 7 heteroatoms. The van der Waals surface area contributed by atoms with Crippen molar-refractivity contribution in [3.63, 3.8) is 0 Å². The second-order valence-corrected chi connectivity index (χ2v) is 7.71. The third kappa shape index (κ3) is 3.75. The van der Waals surface area contributed by atoms with Crippen molar-refractivity contribution < 1.29 is 14.3 Å². The standard InChI is InChI=1S/C21H21N3O3S/c1-28-11-10-17(20-23-15-8-4-5-9-16(15)24-20)22-19(25)12-18-13-6-2-3-7-14(13)21(26)27-18/h2-9,17-18H,10-12H2,1H3,(H,22,25)(H,23,24)/t17-,18+/m1/s1. The second-order valence-electron chi connectivity index (χ2n) is 6.73. The average Bonchev–Trinajstić information content (AvgIpc) is 3.27. The smallest absolute Gasteiger partial charge is 0.339 e. The van der Waals surface area contributed by atoms with Gasteiger partial charge in [0.1, 0.15) is 11.9 Å². The predicted octanol–water partition coefficient (Wildman–Crippen LogP) is 3.78. The maximum absolute atomic E-state index is 12.7. The van der Waals surface area contributed by atoms with Crippen molar-refractivity contribution in [2.45, 2.75) is 25.0 Å². The second kappa shape index (κ2) is 8.06. The number of hydrogen-bond acceptors (Lipinski definition) is 5. The fourth-order valence-corrected chi connectivity index (χ4v) is 3.92. The van der Waals surface area contributed by atoms with Crippen molar-refractivity contribution in [3.8, 4) is 0 Å². The van der Waals surface area contributed by atoms with Crippen LogP contribution >= 0.6 is 11.8 Å². The summed E-state index contributed by atoms with van der Waals surface area (Å²) in [7, 11) is 0. The summed E-state index contributed by atoms with van der Waals surface area (Å²) in [6.07, 6.45) is 2.35. The molecule has 1 amide bonds. The number of aromatic amines is 1. The number of rotatable bonds is 7. The van der Waals surface area contributed by atoms with Crippen LogP contribution in [0.15, 0.2) is 48.5 Å². The molecule has 0 fully saturated rings. The van der Waals surface area contributed by atoms with Crippen molar-refractivity contribution in [2.24, 2.45) is 0 Å². The molecule has 3 aromatic rings. The zero-order chi connectivity index (χ0) is 19.5. The quantitative estimate of drug-likeness (QED) is 0.595. The molecule has 2 atom stereocenters. The molecule has 4 rings (SSSR count). The third-order valence-electron chi connectivity index (χ3n) is 4.83. The van der Waals surface area contributed by atoms with Crippen LogP contribution in [0.3, 0.4) is 0 Å². The number of aromatic nitrogens is 2. The first-order valence-electron chi connectivity index (χ1n) is 9.18. The molecule has 1 aromatic heterocycles. The lowest BCUT2D eigenvalue weighted by Gasteiger charge is -2.18. The van der Waals surface area contributed by atoms with E-state index in [4.69, 9.17) is 4.74 Å². The number of ether oxygens (including phenoxy) is 1. The number of nitrogens with one attached hydrogen (secondary N) is 2. The number of hydrogen-bond donors (Lipinski definition) is 2. The van der Waals surface area contributed by atoms with Crippen LogP contribution < -0.4 is 5.32 Å². The van der Waals surface area contributed by atoms with Gasteiger partial charge in [-0.2, -0.15) is 11.8 Å². The summed E-state index contributed by atoms with van der Waals surface area (Å²) in [4.78, 5) is 32.6. The van der Waals surface area contributed by atoms with E-state index in [1.807, 2.05) is 42.7 Å². The Balaban J connectivity index is 1.49. The lowest BCUT2D eigenvalue weighted by atomic mass is 10.0. The number of esters is 1. The topological polar surface area (TPSA) is 84.1 Å². The molecule has 2 aromatic carbocycles. The Morgan fingerprint density at radius 2 is 2.04 bits per heavy atom. The molecule has 2 N–H and O–H groups in total. The van der Waals surface area contributed by atoms with Crippen LogP contribution in [0.4, 0.5) is 0 Å². The zero-order valence-electron chi connectivity index (χ0n) is 15.5. The van der Waals surface area contributed by atoms with E-state index < -0.39 is 6.10 Å². The van der Waals surface area contributed by atoms with Crippen LogP contribution in [0.5, 0.6) is 0 Å².